The summed E-state index contributed by atoms with van der Waals surface area (Å²) >= 11 is 0. The van der Waals surface area contributed by atoms with Crippen LogP contribution in [0.15, 0.2) is 18.2 Å². The topological polar surface area (TPSA) is 61.8 Å². The maximum Gasteiger partial charge on any atom is 0.251 e. The fourth-order valence-electron chi connectivity index (χ4n) is 2.76. The van der Waals surface area contributed by atoms with Crippen LogP contribution in [0.4, 0.5) is 8.78 Å². The average Bonchev–Trinajstić information content (AvgIpc) is 2.48. The number of benzene rings is 1. The van der Waals surface area contributed by atoms with E-state index in [9.17, 15) is 18.7 Å². The van der Waals surface area contributed by atoms with Crippen molar-refractivity contribution in [2.75, 3.05) is 33.4 Å². The number of ether oxygens (including phenoxy) is 1. The number of nitrogens with one attached hydrogen (secondary N) is 1. The third-order valence-electron chi connectivity index (χ3n) is 3.88. The summed E-state index contributed by atoms with van der Waals surface area (Å²) in [6.07, 6.45) is 0.924. The first kappa shape index (κ1) is 17.8. The molecule has 0 radical (unpaired) electrons. The maximum absolute atomic E-state index is 13.1. The van der Waals surface area contributed by atoms with Gasteiger partial charge in [-0.2, -0.15) is 0 Å². The molecule has 1 aromatic carbocycles. The van der Waals surface area contributed by atoms with Gasteiger partial charge in [0.1, 0.15) is 11.6 Å². The number of nitrogens with zero attached hydrogens (tertiary/aromatic N) is 1. The van der Waals surface area contributed by atoms with Crippen molar-refractivity contribution in [3.63, 3.8) is 0 Å². The second kappa shape index (κ2) is 8.33. The molecule has 1 fully saturated rings. The van der Waals surface area contributed by atoms with Crippen LogP contribution in [0.25, 0.3) is 0 Å². The van der Waals surface area contributed by atoms with E-state index in [0.29, 0.717) is 13.2 Å². The van der Waals surface area contributed by atoms with Gasteiger partial charge in [-0.3, -0.25) is 4.79 Å². The molecule has 5 nitrogen and oxygen atoms in total. The van der Waals surface area contributed by atoms with E-state index in [2.05, 4.69) is 10.2 Å². The zero-order valence-electron chi connectivity index (χ0n) is 13.1. The summed E-state index contributed by atoms with van der Waals surface area (Å²) in [7, 11) is 1.54. The molecule has 1 heterocycles. The molecule has 128 valence electrons. The molecule has 7 heteroatoms. The van der Waals surface area contributed by atoms with Crippen molar-refractivity contribution in [3.8, 4) is 0 Å². The number of aliphatic hydroxyl groups excluding tert-OH is 1. The number of amides is 1. The Morgan fingerprint density at radius 2 is 1.96 bits per heavy atom. The third-order valence-corrected chi connectivity index (χ3v) is 3.88. The Kier molecular flexibility index (Phi) is 6.44. The highest BCUT2D eigenvalue weighted by molar-refractivity contribution is 5.94. The van der Waals surface area contributed by atoms with Gasteiger partial charge in [0.05, 0.1) is 12.7 Å². The number of carbonyl (C=O) groups excluding carboxylic acids is 1. The summed E-state index contributed by atoms with van der Waals surface area (Å²) in [4.78, 5) is 14.2. The summed E-state index contributed by atoms with van der Waals surface area (Å²) in [6, 6.07) is 2.74. The van der Waals surface area contributed by atoms with Gasteiger partial charge in [-0.05, 0) is 25.0 Å². The van der Waals surface area contributed by atoms with Crippen LogP contribution in [0.3, 0.4) is 0 Å². The molecule has 1 unspecified atom stereocenters. The van der Waals surface area contributed by atoms with E-state index in [-0.39, 0.29) is 11.6 Å². The minimum atomic E-state index is -0.767. The Bertz CT molecular complexity index is 514. The maximum atomic E-state index is 13.1. The number of hydrogen-bond donors (Lipinski definition) is 2. The molecular formula is C16H22F2N2O3. The lowest BCUT2D eigenvalue weighted by molar-refractivity contribution is 0.0309. The van der Waals surface area contributed by atoms with E-state index in [1.165, 1.54) is 0 Å². The number of β-amino-alcohol motifs (C(OH)–C–C–N with tert-alkyl or cyclic N) is 1. The van der Waals surface area contributed by atoms with Crippen molar-refractivity contribution in [1.82, 2.24) is 10.2 Å². The monoisotopic (exact) mass is 328 g/mol. The second-order valence-electron chi connectivity index (χ2n) is 5.82. The molecule has 2 rings (SSSR count). The van der Waals surface area contributed by atoms with Crippen molar-refractivity contribution in [2.24, 2.45) is 0 Å². The van der Waals surface area contributed by atoms with E-state index >= 15 is 0 Å². The SMILES string of the molecule is COCC(O)CN1CCC(NC(=O)c2cc(F)cc(F)c2)CC1. The van der Waals surface area contributed by atoms with E-state index in [1.807, 2.05) is 0 Å². The van der Waals surface area contributed by atoms with Gasteiger partial charge in [0, 0.05) is 44.4 Å². The quantitative estimate of drug-likeness (QED) is 0.823. The van der Waals surface area contributed by atoms with Crippen molar-refractivity contribution in [3.05, 3.63) is 35.4 Å². The van der Waals surface area contributed by atoms with Crippen molar-refractivity contribution in [1.29, 1.82) is 0 Å². The number of carbonyl (C=O) groups is 1. The van der Waals surface area contributed by atoms with Crippen LogP contribution >= 0.6 is 0 Å². The zero-order valence-corrected chi connectivity index (χ0v) is 13.1. The minimum absolute atomic E-state index is 0.0135. The van der Waals surface area contributed by atoms with E-state index in [1.54, 1.807) is 7.11 Å². The minimum Gasteiger partial charge on any atom is -0.389 e. The van der Waals surface area contributed by atoms with E-state index in [0.717, 1.165) is 44.1 Å². The molecule has 0 saturated carbocycles. The normalized spacial score (nSPS) is 17.9. The van der Waals surface area contributed by atoms with Gasteiger partial charge in [-0.15, -0.1) is 0 Å². The molecule has 0 spiro atoms. The van der Waals surface area contributed by atoms with Crippen LogP contribution in [0.5, 0.6) is 0 Å². The number of likely N-dealkylation sites (tertiary alicyclic amines) is 1. The van der Waals surface area contributed by atoms with Gasteiger partial charge in [-0.1, -0.05) is 0 Å². The predicted molar refractivity (Wildman–Crippen MR) is 81.2 cm³/mol. The molecule has 2 N–H and O–H groups in total. The van der Waals surface area contributed by atoms with Crippen molar-refractivity contribution >= 4 is 5.91 Å². The Hall–Kier alpha value is -1.57. The summed E-state index contributed by atoms with van der Waals surface area (Å²) in [5.41, 5.74) is -0.0135. The number of hydrogen-bond acceptors (Lipinski definition) is 4. The van der Waals surface area contributed by atoms with Gasteiger partial charge in [0.25, 0.3) is 5.91 Å². The lowest BCUT2D eigenvalue weighted by Gasteiger charge is -2.33. The van der Waals surface area contributed by atoms with E-state index in [4.69, 9.17) is 4.74 Å². The highest BCUT2D eigenvalue weighted by Crippen LogP contribution is 2.13. The molecule has 0 bridgehead atoms. The number of halogens is 2. The second-order valence-corrected chi connectivity index (χ2v) is 5.82. The largest absolute Gasteiger partial charge is 0.389 e. The Balaban J connectivity index is 1.80. The van der Waals surface area contributed by atoms with Gasteiger partial charge < -0.3 is 20.1 Å². The molecular weight excluding hydrogens is 306 g/mol. The summed E-state index contributed by atoms with van der Waals surface area (Å²) < 4.78 is 31.2. The number of rotatable bonds is 6. The van der Waals surface area contributed by atoms with Crippen LogP contribution in [0, 0.1) is 11.6 Å². The lowest BCUT2D eigenvalue weighted by Crippen LogP contribution is -2.47. The molecule has 23 heavy (non-hydrogen) atoms. The Morgan fingerprint density at radius 3 is 2.52 bits per heavy atom. The van der Waals surface area contributed by atoms with Crippen molar-refractivity contribution in [2.45, 2.75) is 25.0 Å². The molecule has 1 aromatic rings. The van der Waals surface area contributed by atoms with E-state index < -0.39 is 23.6 Å². The number of aliphatic hydroxyl groups is 1. The molecule has 0 aromatic heterocycles. The number of methoxy groups -OCH3 is 1. The average molecular weight is 328 g/mol. The molecule has 1 aliphatic heterocycles. The lowest BCUT2D eigenvalue weighted by atomic mass is 10.0. The zero-order chi connectivity index (χ0) is 16.8. The Labute approximate surface area is 134 Å². The molecule has 1 aliphatic rings. The van der Waals surface area contributed by atoms with Gasteiger partial charge >= 0.3 is 0 Å². The molecule has 1 atom stereocenters. The number of piperidine rings is 1. The summed E-state index contributed by atoms with van der Waals surface area (Å²) in [5, 5.41) is 12.5. The smallest absolute Gasteiger partial charge is 0.251 e. The highest BCUT2D eigenvalue weighted by atomic mass is 19.1. The Morgan fingerprint density at radius 1 is 1.35 bits per heavy atom. The van der Waals surface area contributed by atoms with Gasteiger partial charge in [-0.25, -0.2) is 8.78 Å². The summed E-state index contributed by atoms with van der Waals surface area (Å²) in [5.74, 6) is -2.00. The highest BCUT2D eigenvalue weighted by Gasteiger charge is 2.22. The van der Waals surface area contributed by atoms with Crippen LogP contribution in [-0.2, 0) is 4.74 Å². The third kappa shape index (κ3) is 5.53. The first-order chi connectivity index (χ1) is 11.0. The van der Waals surface area contributed by atoms with Gasteiger partial charge in [0.15, 0.2) is 0 Å². The molecule has 1 amide bonds. The molecule has 0 aliphatic carbocycles. The van der Waals surface area contributed by atoms with Crippen LogP contribution in [0.1, 0.15) is 23.2 Å². The van der Waals surface area contributed by atoms with Gasteiger partial charge in [0.2, 0.25) is 0 Å². The standard InChI is InChI=1S/C16H22F2N2O3/c1-23-10-15(21)9-20-4-2-14(3-5-20)19-16(22)11-6-12(17)8-13(18)7-11/h6-8,14-15,21H,2-5,9-10H2,1H3,(H,19,22). The van der Waals surface area contributed by atoms with Crippen molar-refractivity contribution < 1.29 is 23.4 Å². The summed E-state index contributed by atoms with van der Waals surface area (Å²) in [6.45, 7) is 2.30. The first-order valence-electron chi connectivity index (χ1n) is 7.64. The fourth-order valence-corrected chi connectivity index (χ4v) is 2.76. The van der Waals surface area contributed by atoms with Crippen LogP contribution in [-0.4, -0.2) is 61.4 Å². The molecule has 1 saturated heterocycles. The van der Waals surface area contributed by atoms with Crippen LogP contribution < -0.4 is 5.32 Å². The predicted octanol–water partition coefficient (Wildman–Crippen LogP) is 1.17. The first-order valence-corrected chi connectivity index (χ1v) is 7.64. The fraction of sp³-hybridized carbons (Fsp3) is 0.562. The van der Waals surface area contributed by atoms with Crippen LogP contribution in [0.2, 0.25) is 0 Å².